The molecule has 0 aliphatic heterocycles. The first-order valence-electron chi connectivity index (χ1n) is 5.01. The average molecular weight is 264 g/mol. The van der Waals surface area contributed by atoms with Gasteiger partial charge < -0.3 is 5.32 Å². The molecule has 2 aromatic rings. The summed E-state index contributed by atoms with van der Waals surface area (Å²) in [5, 5.41) is 4.34. The summed E-state index contributed by atoms with van der Waals surface area (Å²) in [6.07, 6.45) is 4.33. The van der Waals surface area contributed by atoms with E-state index in [0.29, 0.717) is 6.04 Å². The van der Waals surface area contributed by atoms with Gasteiger partial charge in [-0.3, -0.25) is 0 Å². The Kier molecular flexibility index (Phi) is 2.09. The van der Waals surface area contributed by atoms with E-state index in [1.165, 1.54) is 12.8 Å². The van der Waals surface area contributed by atoms with Gasteiger partial charge >= 0.3 is 0 Å². The summed E-state index contributed by atoms with van der Waals surface area (Å²) in [6, 6.07) is 6.58. The van der Waals surface area contributed by atoms with Crippen LogP contribution in [0.1, 0.15) is 12.8 Å². The predicted octanol–water partition coefficient (Wildman–Crippen LogP) is 2.97. The smallest absolute Gasteiger partial charge is 0.223 e. The van der Waals surface area contributed by atoms with Gasteiger partial charge in [0.05, 0.1) is 5.52 Å². The fourth-order valence-electron chi connectivity index (χ4n) is 1.50. The lowest BCUT2D eigenvalue weighted by Crippen LogP contribution is -2.04. The SMILES string of the molecule is Brc1cccc2nc(NC3CC3)ncc12. The average Bonchev–Trinajstić information content (AvgIpc) is 3.02. The summed E-state index contributed by atoms with van der Waals surface area (Å²) in [5.74, 6) is 0.739. The molecule has 3 rings (SSSR count). The molecular formula is C11H10BrN3. The molecule has 3 nitrogen and oxygen atoms in total. The van der Waals surface area contributed by atoms with Gasteiger partial charge in [0.25, 0.3) is 0 Å². The first-order chi connectivity index (χ1) is 7.33. The third kappa shape index (κ3) is 1.81. The number of anilines is 1. The molecule has 0 bridgehead atoms. The number of hydrogen-bond donors (Lipinski definition) is 1. The Morgan fingerprint density at radius 1 is 1.33 bits per heavy atom. The van der Waals surface area contributed by atoms with Crippen molar-refractivity contribution in [1.82, 2.24) is 9.97 Å². The Morgan fingerprint density at radius 3 is 3.00 bits per heavy atom. The molecule has 1 aromatic heterocycles. The van der Waals surface area contributed by atoms with Gasteiger partial charge in [0.1, 0.15) is 0 Å². The Labute approximate surface area is 96.1 Å². The van der Waals surface area contributed by atoms with Crippen molar-refractivity contribution in [2.45, 2.75) is 18.9 Å². The number of aromatic nitrogens is 2. The van der Waals surface area contributed by atoms with E-state index in [2.05, 4.69) is 31.2 Å². The first-order valence-corrected chi connectivity index (χ1v) is 5.80. The molecule has 4 heteroatoms. The van der Waals surface area contributed by atoms with Crippen molar-refractivity contribution in [2.75, 3.05) is 5.32 Å². The van der Waals surface area contributed by atoms with E-state index in [-0.39, 0.29) is 0 Å². The standard InChI is InChI=1S/C11H10BrN3/c12-9-2-1-3-10-8(9)6-13-11(15-10)14-7-4-5-7/h1-3,6-7H,4-5H2,(H,13,14,15). The quantitative estimate of drug-likeness (QED) is 0.906. The van der Waals surface area contributed by atoms with Crippen LogP contribution < -0.4 is 5.32 Å². The number of nitrogens with zero attached hydrogens (tertiary/aromatic N) is 2. The number of halogens is 1. The lowest BCUT2D eigenvalue weighted by atomic mass is 10.2. The van der Waals surface area contributed by atoms with Crippen LogP contribution in [0.15, 0.2) is 28.9 Å². The lowest BCUT2D eigenvalue weighted by Gasteiger charge is -2.04. The minimum absolute atomic E-state index is 0.592. The zero-order chi connectivity index (χ0) is 10.3. The lowest BCUT2D eigenvalue weighted by molar-refractivity contribution is 1.07. The molecule has 1 fully saturated rings. The highest BCUT2D eigenvalue weighted by molar-refractivity contribution is 9.10. The number of benzene rings is 1. The van der Waals surface area contributed by atoms with Crippen molar-refractivity contribution in [1.29, 1.82) is 0 Å². The van der Waals surface area contributed by atoms with Crippen LogP contribution in [0.5, 0.6) is 0 Å². The summed E-state index contributed by atoms with van der Waals surface area (Å²) < 4.78 is 1.04. The summed E-state index contributed by atoms with van der Waals surface area (Å²) in [5.41, 5.74) is 0.975. The van der Waals surface area contributed by atoms with E-state index in [0.717, 1.165) is 21.3 Å². The van der Waals surface area contributed by atoms with Crippen LogP contribution >= 0.6 is 15.9 Å². The van der Waals surface area contributed by atoms with Crippen molar-refractivity contribution >= 4 is 32.8 Å². The Hall–Kier alpha value is -1.16. The monoisotopic (exact) mass is 263 g/mol. The van der Waals surface area contributed by atoms with E-state index in [1.807, 2.05) is 24.4 Å². The van der Waals surface area contributed by atoms with Crippen LogP contribution in [0, 0.1) is 0 Å². The van der Waals surface area contributed by atoms with E-state index < -0.39 is 0 Å². The Bertz CT molecular complexity index is 508. The second kappa shape index (κ2) is 3.45. The van der Waals surface area contributed by atoms with Gasteiger partial charge in [0.15, 0.2) is 0 Å². The molecule has 1 aliphatic rings. The van der Waals surface area contributed by atoms with Crippen LogP contribution in [-0.4, -0.2) is 16.0 Å². The van der Waals surface area contributed by atoms with Crippen LogP contribution in [0.25, 0.3) is 10.9 Å². The Morgan fingerprint density at radius 2 is 2.20 bits per heavy atom. The normalized spacial score (nSPS) is 15.5. The van der Waals surface area contributed by atoms with Crippen molar-refractivity contribution < 1.29 is 0 Å². The molecule has 76 valence electrons. The van der Waals surface area contributed by atoms with Crippen molar-refractivity contribution in [3.63, 3.8) is 0 Å². The topological polar surface area (TPSA) is 37.8 Å². The van der Waals surface area contributed by atoms with Crippen LogP contribution in [0.2, 0.25) is 0 Å². The largest absolute Gasteiger partial charge is 0.351 e. The molecule has 1 N–H and O–H groups in total. The maximum absolute atomic E-state index is 4.46. The van der Waals surface area contributed by atoms with Gasteiger partial charge in [-0.2, -0.15) is 0 Å². The molecular weight excluding hydrogens is 254 g/mol. The van der Waals surface area contributed by atoms with E-state index in [1.54, 1.807) is 0 Å². The first kappa shape index (κ1) is 9.09. The highest BCUT2D eigenvalue weighted by Gasteiger charge is 2.21. The van der Waals surface area contributed by atoms with E-state index in [9.17, 15) is 0 Å². The zero-order valence-corrected chi connectivity index (χ0v) is 9.66. The van der Waals surface area contributed by atoms with E-state index in [4.69, 9.17) is 0 Å². The Balaban J connectivity index is 2.05. The van der Waals surface area contributed by atoms with Crippen LogP contribution in [0.4, 0.5) is 5.95 Å². The number of nitrogens with one attached hydrogen (secondary N) is 1. The van der Waals surface area contributed by atoms with Crippen molar-refractivity contribution in [3.8, 4) is 0 Å². The molecule has 15 heavy (non-hydrogen) atoms. The summed E-state index contributed by atoms with van der Waals surface area (Å²) in [4.78, 5) is 8.76. The number of rotatable bonds is 2. The molecule has 0 atom stereocenters. The molecule has 0 amide bonds. The maximum atomic E-state index is 4.46. The molecule has 0 radical (unpaired) electrons. The summed E-state index contributed by atoms with van der Waals surface area (Å²) in [7, 11) is 0. The molecule has 0 saturated heterocycles. The number of fused-ring (bicyclic) bond motifs is 1. The minimum atomic E-state index is 0.592. The summed E-state index contributed by atoms with van der Waals surface area (Å²) in [6.45, 7) is 0. The molecule has 1 aromatic carbocycles. The fraction of sp³-hybridized carbons (Fsp3) is 0.273. The van der Waals surface area contributed by atoms with Crippen LogP contribution in [-0.2, 0) is 0 Å². The second-order valence-corrected chi connectivity index (χ2v) is 4.64. The highest BCUT2D eigenvalue weighted by Crippen LogP contribution is 2.25. The van der Waals surface area contributed by atoms with Gasteiger partial charge in [-0.25, -0.2) is 9.97 Å². The molecule has 1 saturated carbocycles. The molecule has 1 aliphatic carbocycles. The number of hydrogen-bond acceptors (Lipinski definition) is 3. The predicted molar refractivity (Wildman–Crippen MR) is 63.9 cm³/mol. The second-order valence-electron chi connectivity index (χ2n) is 3.78. The molecule has 0 spiro atoms. The fourth-order valence-corrected chi connectivity index (χ4v) is 1.96. The van der Waals surface area contributed by atoms with Gasteiger partial charge in [0, 0.05) is 22.1 Å². The van der Waals surface area contributed by atoms with Gasteiger partial charge in [-0.05, 0) is 25.0 Å². The third-order valence-corrected chi connectivity index (χ3v) is 3.17. The highest BCUT2D eigenvalue weighted by atomic mass is 79.9. The van der Waals surface area contributed by atoms with Crippen LogP contribution in [0.3, 0.4) is 0 Å². The molecule has 0 unspecified atom stereocenters. The van der Waals surface area contributed by atoms with E-state index >= 15 is 0 Å². The maximum Gasteiger partial charge on any atom is 0.223 e. The van der Waals surface area contributed by atoms with Gasteiger partial charge in [0.2, 0.25) is 5.95 Å². The summed E-state index contributed by atoms with van der Waals surface area (Å²) >= 11 is 3.48. The van der Waals surface area contributed by atoms with Crippen molar-refractivity contribution in [3.05, 3.63) is 28.9 Å². The minimum Gasteiger partial charge on any atom is -0.351 e. The third-order valence-electron chi connectivity index (χ3n) is 2.48. The van der Waals surface area contributed by atoms with Crippen molar-refractivity contribution in [2.24, 2.45) is 0 Å². The molecule has 1 heterocycles. The van der Waals surface area contributed by atoms with Gasteiger partial charge in [-0.1, -0.05) is 22.0 Å². The van der Waals surface area contributed by atoms with Gasteiger partial charge in [-0.15, -0.1) is 0 Å². The zero-order valence-electron chi connectivity index (χ0n) is 8.07.